The van der Waals surface area contributed by atoms with Crippen LogP contribution < -0.4 is 0 Å². The van der Waals surface area contributed by atoms with Crippen molar-refractivity contribution in [1.82, 2.24) is 9.97 Å². The van der Waals surface area contributed by atoms with Gasteiger partial charge in [0.05, 0.1) is 12.3 Å². The average molecular weight is 270 g/mol. The van der Waals surface area contributed by atoms with E-state index in [2.05, 4.69) is 9.97 Å². The number of nitrogens with zero attached hydrogens (tertiary/aromatic N) is 2. The molecule has 0 fully saturated rings. The zero-order valence-corrected chi connectivity index (χ0v) is 11.3. The average Bonchev–Trinajstić information content (AvgIpc) is 2.79. The first-order valence-corrected chi connectivity index (χ1v) is 6.49. The van der Waals surface area contributed by atoms with E-state index >= 15 is 0 Å². The summed E-state index contributed by atoms with van der Waals surface area (Å²) in [5.41, 5.74) is 2.91. The number of aromatic nitrogens is 2. The van der Waals surface area contributed by atoms with Gasteiger partial charge in [-0.05, 0) is 26.0 Å². The van der Waals surface area contributed by atoms with E-state index in [4.69, 9.17) is 9.15 Å². The maximum atomic E-state index is 11.5. The molecular formula is C15H14N2O3. The highest BCUT2D eigenvalue weighted by Crippen LogP contribution is 2.28. The molecule has 2 heterocycles. The quantitative estimate of drug-likeness (QED) is 0.685. The predicted octanol–water partition coefficient (Wildman–Crippen LogP) is 2.79. The van der Waals surface area contributed by atoms with Gasteiger partial charge in [-0.1, -0.05) is 12.1 Å². The maximum absolute atomic E-state index is 11.5. The van der Waals surface area contributed by atoms with Crippen molar-refractivity contribution in [3.05, 3.63) is 35.8 Å². The fourth-order valence-electron chi connectivity index (χ4n) is 2.21. The molecule has 20 heavy (non-hydrogen) atoms. The van der Waals surface area contributed by atoms with Gasteiger partial charge in [0, 0.05) is 5.39 Å². The van der Waals surface area contributed by atoms with Crippen molar-refractivity contribution in [3.8, 4) is 0 Å². The Kier molecular flexibility index (Phi) is 3.10. The van der Waals surface area contributed by atoms with Crippen LogP contribution in [0.5, 0.6) is 0 Å². The van der Waals surface area contributed by atoms with Crippen molar-refractivity contribution in [1.29, 1.82) is 0 Å². The summed E-state index contributed by atoms with van der Waals surface area (Å²) in [6, 6.07) is 7.68. The highest BCUT2D eigenvalue weighted by Gasteiger charge is 2.15. The lowest BCUT2D eigenvalue weighted by Crippen LogP contribution is -2.10. The molecule has 0 aliphatic rings. The van der Waals surface area contributed by atoms with Crippen molar-refractivity contribution in [2.45, 2.75) is 20.3 Å². The Hall–Kier alpha value is -2.43. The van der Waals surface area contributed by atoms with Crippen LogP contribution >= 0.6 is 0 Å². The van der Waals surface area contributed by atoms with Gasteiger partial charge in [-0.2, -0.15) is 0 Å². The predicted molar refractivity (Wildman–Crippen MR) is 74.4 cm³/mol. The number of fused-ring (bicyclic) bond motifs is 3. The first-order valence-electron chi connectivity index (χ1n) is 6.49. The fraction of sp³-hybridized carbons (Fsp3) is 0.267. The number of aryl methyl sites for hydroxylation is 1. The van der Waals surface area contributed by atoms with Gasteiger partial charge in [-0.25, -0.2) is 9.97 Å². The summed E-state index contributed by atoms with van der Waals surface area (Å²) < 4.78 is 10.7. The minimum atomic E-state index is -0.320. The lowest BCUT2D eigenvalue weighted by Gasteiger charge is -2.02. The summed E-state index contributed by atoms with van der Waals surface area (Å²) in [6.07, 6.45) is 0.0735. The van der Waals surface area contributed by atoms with Gasteiger partial charge in [0.2, 0.25) is 0 Å². The number of para-hydroxylation sites is 1. The van der Waals surface area contributed by atoms with Crippen LogP contribution in [-0.4, -0.2) is 22.5 Å². The molecule has 0 aliphatic carbocycles. The van der Waals surface area contributed by atoms with E-state index in [0.717, 1.165) is 22.2 Å². The lowest BCUT2D eigenvalue weighted by atomic mass is 10.2. The lowest BCUT2D eigenvalue weighted by molar-refractivity contribution is -0.142. The van der Waals surface area contributed by atoms with E-state index in [1.807, 2.05) is 31.2 Å². The zero-order chi connectivity index (χ0) is 14.1. The molecule has 0 saturated carbocycles. The van der Waals surface area contributed by atoms with Gasteiger partial charge in [-0.3, -0.25) is 4.79 Å². The number of benzene rings is 1. The molecule has 0 bridgehead atoms. The van der Waals surface area contributed by atoms with Crippen LogP contribution in [0.25, 0.3) is 22.1 Å². The number of rotatable bonds is 3. The minimum absolute atomic E-state index is 0.0735. The third-order valence-electron chi connectivity index (χ3n) is 3.04. The Morgan fingerprint density at radius 3 is 2.90 bits per heavy atom. The molecule has 0 atom stereocenters. The van der Waals surface area contributed by atoms with Crippen LogP contribution in [0.15, 0.2) is 28.7 Å². The molecule has 2 aromatic heterocycles. The monoisotopic (exact) mass is 270 g/mol. The molecule has 0 aliphatic heterocycles. The summed E-state index contributed by atoms with van der Waals surface area (Å²) in [7, 11) is 0. The molecule has 0 N–H and O–H groups in total. The van der Waals surface area contributed by atoms with Gasteiger partial charge in [-0.15, -0.1) is 0 Å². The Morgan fingerprint density at radius 1 is 1.30 bits per heavy atom. The number of esters is 1. The molecule has 5 nitrogen and oxygen atoms in total. The highest BCUT2D eigenvalue weighted by molar-refractivity contribution is 6.02. The van der Waals surface area contributed by atoms with Crippen molar-refractivity contribution in [2.24, 2.45) is 0 Å². The van der Waals surface area contributed by atoms with Crippen LogP contribution in [0.2, 0.25) is 0 Å². The van der Waals surface area contributed by atoms with Crippen LogP contribution in [0.3, 0.4) is 0 Å². The summed E-state index contributed by atoms with van der Waals surface area (Å²) in [6.45, 7) is 3.98. The number of carbonyl (C=O) groups is 1. The number of hydrogen-bond acceptors (Lipinski definition) is 5. The summed E-state index contributed by atoms with van der Waals surface area (Å²) in [5.74, 6) is 0.138. The second kappa shape index (κ2) is 4.92. The van der Waals surface area contributed by atoms with E-state index in [9.17, 15) is 4.79 Å². The van der Waals surface area contributed by atoms with E-state index in [0.29, 0.717) is 18.0 Å². The van der Waals surface area contributed by atoms with Crippen LogP contribution in [0, 0.1) is 6.92 Å². The molecule has 3 aromatic rings. The Bertz CT molecular complexity index is 792. The number of carbonyl (C=O) groups excluding carboxylic acids is 1. The first-order chi connectivity index (χ1) is 9.69. The van der Waals surface area contributed by atoms with E-state index in [-0.39, 0.29) is 12.4 Å². The number of ether oxygens (including phenoxy) is 1. The normalized spacial score (nSPS) is 11.1. The van der Waals surface area contributed by atoms with Crippen molar-refractivity contribution in [2.75, 3.05) is 6.61 Å². The van der Waals surface area contributed by atoms with Gasteiger partial charge in [0.1, 0.15) is 23.3 Å². The minimum Gasteiger partial charge on any atom is -0.466 e. The van der Waals surface area contributed by atoms with Gasteiger partial charge in [0.15, 0.2) is 5.58 Å². The molecule has 0 unspecified atom stereocenters. The Labute approximate surface area is 115 Å². The van der Waals surface area contributed by atoms with Crippen molar-refractivity contribution < 1.29 is 13.9 Å². The third kappa shape index (κ3) is 2.11. The molecular weight excluding hydrogens is 256 g/mol. The smallest absolute Gasteiger partial charge is 0.313 e. The first kappa shape index (κ1) is 12.6. The van der Waals surface area contributed by atoms with Gasteiger partial charge >= 0.3 is 5.97 Å². The molecule has 3 rings (SSSR count). The topological polar surface area (TPSA) is 65.2 Å². The zero-order valence-electron chi connectivity index (χ0n) is 11.3. The molecule has 0 spiro atoms. The molecule has 0 radical (unpaired) electrons. The van der Waals surface area contributed by atoms with Crippen LogP contribution in [-0.2, 0) is 16.0 Å². The molecule has 102 valence electrons. The number of hydrogen-bond donors (Lipinski definition) is 0. The van der Waals surface area contributed by atoms with Gasteiger partial charge < -0.3 is 9.15 Å². The standard InChI is InChI=1S/C15H14N2O3/c1-3-19-13(18)8-12-16-9(2)15-14(17-12)10-6-4-5-7-11(10)20-15/h4-7H,3,8H2,1-2H3. The van der Waals surface area contributed by atoms with Crippen molar-refractivity contribution in [3.63, 3.8) is 0 Å². The van der Waals surface area contributed by atoms with E-state index in [1.54, 1.807) is 6.92 Å². The van der Waals surface area contributed by atoms with Gasteiger partial charge in [0.25, 0.3) is 0 Å². The van der Waals surface area contributed by atoms with Crippen molar-refractivity contribution >= 4 is 28.0 Å². The second-order valence-electron chi connectivity index (χ2n) is 4.48. The van der Waals surface area contributed by atoms with Crippen LogP contribution in [0.1, 0.15) is 18.4 Å². The van der Waals surface area contributed by atoms with Crippen LogP contribution in [0.4, 0.5) is 0 Å². The van der Waals surface area contributed by atoms with E-state index in [1.165, 1.54) is 0 Å². The Balaban J connectivity index is 2.12. The summed E-state index contributed by atoms with van der Waals surface area (Å²) in [4.78, 5) is 20.3. The third-order valence-corrected chi connectivity index (χ3v) is 3.04. The summed E-state index contributed by atoms with van der Waals surface area (Å²) in [5, 5.41) is 0.929. The molecule has 5 heteroatoms. The summed E-state index contributed by atoms with van der Waals surface area (Å²) >= 11 is 0. The number of furan rings is 1. The maximum Gasteiger partial charge on any atom is 0.313 e. The highest BCUT2D eigenvalue weighted by atomic mass is 16.5. The molecule has 1 aromatic carbocycles. The fourth-order valence-corrected chi connectivity index (χ4v) is 2.21. The molecule has 0 amide bonds. The second-order valence-corrected chi connectivity index (χ2v) is 4.48. The molecule has 0 saturated heterocycles. The Morgan fingerprint density at radius 2 is 2.10 bits per heavy atom. The largest absolute Gasteiger partial charge is 0.466 e. The van der Waals surface area contributed by atoms with E-state index < -0.39 is 0 Å². The SMILES string of the molecule is CCOC(=O)Cc1nc(C)c2oc3ccccc3c2n1.